The highest BCUT2D eigenvalue weighted by molar-refractivity contribution is 5.66. The van der Waals surface area contributed by atoms with Crippen LogP contribution in [0.4, 0.5) is 24.5 Å². The van der Waals surface area contributed by atoms with Gasteiger partial charge < -0.3 is 14.8 Å². The zero-order valence-electron chi connectivity index (χ0n) is 16.1. The van der Waals surface area contributed by atoms with Gasteiger partial charge >= 0.3 is 0 Å². The third kappa shape index (κ3) is 3.13. The molecule has 3 nitrogen and oxygen atoms in total. The molecule has 3 aromatic rings. The van der Waals surface area contributed by atoms with Crippen molar-refractivity contribution < 1.29 is 13.2 Å². The first-order valence-corrected chi connectivity index (χ1v) is 9.22. The normalized spacial score (nSPS) is 13.6. The van der Waals surface area contributed by atoms with Crippen LogP contribution in [0.5, 0.6) is 0 Å². The second-order valence-electron chi connectivity index (χ2n) is 7.44. The van der Waals surface area contributed by atoms with Crippen LogP contribution in [-0.2, 0) is 13.0 Å². The van der Waals surface area contributed by atoms with Crippen LogP contribution in [0.25, 0.3) is 11.3 Å². The van der Waals surface area contributed by atoms with Crippen LogP contribution in [0.15, 0.2) is 36.4 Å². The summed E-state index contributed by atoms with van der Waals surface area (Å²) in [5.74, 6) is -1.44. The number of benzene rings is 2. The Hall–Kier alpha value is -2.89. The first-order chi connectivity index (χ1) is 13.3. The first kappa shape index (κ1) is 18.5. The molecule has 1 N–H and O–H groups in total. The molecule has 6 heteroatoms. The topological polar surface area (TPSA) is 22.3 Å². The Labute approximate surface area is 162 Å². The lowest BCUT2D eigenvalue weighted by atomic mass is 10.0. The molecule has 1 aliphatic rings. The van der Waals surface area contributed by atoms with Crippen molar-refractivity contribution in [3.8, 4) is 11.3 Å². The Morgan fingerprint density at radius 3 is 2.39 bits per heavy atom. The highest BCUT2D eigenvalue weighted by Gasteiger charge is 2.23. The minimum Gasteiger partial charge on any atom is -0.375 e. The average Bonchev–Trinajstić information content (AvgIpc) is 3.05. The quantitative estimate of drug-likeness (QED) is 0.683. The molecule has 0 fully saturated rings. The smallest absolute Gasteiger partial charge is 0.148 e. The van der Waals surface area contributed by atoms with Crippen LogP contribution in [0, 0.1) is 24.4 Å². The zero-order valence-corrected chi connectivity index (χ0v) is 16.1. The van der Waals surface area contributed by atoms with Gasteiger partial charge in [0.25, 0.3) is 0 Å². The van der Waals surface area contributed by atoms with Crippen LogP contribution in [0.2, 0.25) is 0 Å². The molecule has 4 rings (SSSR count). The summed E-state index contributed by atoms with van der Waals surface area (Å²) in [6.45, 7) is 3.23. The molecule has 0 spiro atoms. The number of hydrogen-bond donors (Lipinski definition) is 1. The van der Waals surface area contributed by atoms with Gasteiger partial charge in [-0.15, -0.1) is 0 Å². The molecule has 0 aliphatic carbocycles. The largest absolute Gasteiger partial charge is 0.375 e. The van der Waals surface area contributed by atoms with Gasteiger partial charge in [-0.3, -0.25) is 0 Å². The van der Waals surface area contributed by atoms with Gasteiger partial charge in [0.2, 0.25) is 0 Å². The molecular formula is C22H22F3N3. The standard InChI is InChI=1S/C22H22F3N3/c1-13-9-21(27(2)3)17(25)11-20(13)28-8-7-18-14(12-28)10-19(26-18)22-15(23)5-4-6-16(22)24/h4-6,9-11,26H,7-8,12H2,1-3H3. The van der Waals surface area contributed by atoms with Gasteiger partial charge in [-0.2, -0.15) is 0 Å². The van der Waals surface area contributed by atoms with Crippen molar-refractivity contribution in [2.24, 2.45) is 0 Å². The van der Waals surface area contributed by atoms with E-state index in [-0.39, 0.29) is 11.4 Å². The molecule has 0 unspecified atom stereocenters. The summed E-state index contributed by atoms with van der Waals surface area (Å²) < 4.78 is 42.7. The maximum absolute atomic E-state index is 14.5. The van der Waals surface area contributed by atoms with Crippen molar-refractivity contribution in [1.29, 1.82) is 0 Å². The fraction of sp³-hybridized carbons (Fsp3) is 0.273. The van der Waals surface area contributed by atoms with Gasteiger partial charge in [-0.25, -0.2) is 13.2 Å². The van der Waals surface area contributed by atoms with E-state index in [0.29, 0.717) is 30.9 Å². The second-order valence-corrected chi connectivity index (χ2v) is 7.44. The van der Waals surface area contributed by atoms with E-state index < -0.39 is 11.6 Å². The lowest BCUT2D eigenvalue weighted by Gasteiger charge is -2.31. The van der Waals surface area contributed by atoms with E-state index in [1.54, 1.807) is 17.0 Å². The van der Waals surface area contributed by atoms with Gasteiger partial charge in [-0.1, -0.05) is 6.07 Å². The highest BCUT2D eigenvalue weighted by Crippen LogP contribution is 2.34. The number of rotatable bonds is 3. The summed E-state index contributed by atoms with van der Waals surface area (Å²) in [7, 11) is 3.63. The molecule has 0 atom stereocenters. The van der Waals surface area contributed by atoms with Gasteiger partial charge in [0, 0.05) is 45.0 Å². The number of anilines is 2. The molecule has 2 heterocycles. The van der Waals surface area contributed by atoms with Crippen molar-refractivity contribution in [3.63, 3.8) is 0 Å². The van der Waals surface area contributed by atoms with Crippen molar-refractivity contribution in [2.45, 2.75) is 19.9 Å². The Kier molecular flexibility index (Phi) is 4.57. The number of aryl methyl sites for hydroxylation is 1. The Bertz CT molecular complexity index is 1020. The van der Waals surface area contributed by atoms with E-state index in [4.69, 9.17) is 0 Å². The molecular weight excluding hydrogens is 363 g/mol. The molecule has 28 heavy (non-hydrogen) atoms. The van der Waals surface area contributed by atoms with E-state index in [2.05, 4.69) is 9.88 Å². The predicted molar refractivity (Wildman–Crippen MR) is 106 cm³/mol. The van der Waals surface area contributed by atoms with Gasteiger partial charge in [0.15, 0.2) is 0 Å². The maximum atomic E-state index is 14.5. The summed E-state index contributed by atoms with van der Waals surface area (Å²) in [5, 5.41) is 0. The van der Waals surface area contributed by atoms with E-state index in [1.165, 1.54) is 18.2 Å². The average molecular weight is 385 g/mol. The number of nitrogens with one attached hydrogen (secondary N) is 1. The molecule has 0 saturated carbocycles. The van der Waals surface area contributed by atoms with Crippen molar-refractivity contribution >= 4 is 11.4 Å². The molecule has 2 aromatic carbocycles. The van der Waals surface area contributed by atoms with E-state index in [1.807, 2.05) is 27.1 Å². The Balaban J connectivity index is 1.66. The molecule has 0 radical (unpaired) electrons. The summed E-state index contributed by atoms with van der Waals surface area (Å²) in [4.78, 5) is 7.02. The number of fused-ring (bicyclic) bond motifs is 1. The summed E-state index contributed by atoms with van der Waals surface area (Å²) in [6, 6.07) is 9.07. The summed E-state index contributed by atoms with van der Waals surface area (Å²) in [6.07, 6.45) is 0.696. The zero-order chi connectivity index (χ0) is 20.0. The van der Waals surface area contributed by atoms with Crippen LogP contribution in [0.3, 0.4) is 0 Å². The van der Waals surface area contributed by atoms with E-state index in [0.717, 1.165) is 22.5 Å². The van der Waals surface area contributed by atoms with E-state index in [9.17, 15) is 13.2 Å². The van der Waals surface area contributed by atoms with Gasteiger partial charge in [-0.05, 0) is 48.4 Å². The molecule has 1 aromatic heterocycles. The molecule has 0 bridgehead atoms. The van der Waals surface area contributed by atoms with E-state index >= 15 is 0 Å². The van der Waals surface area contributed by atoms with Crippen LogP contribution < -0.4 is 9.80 Å². The number of aromatic amines is 1. The number of nitrogens with zero attached hydrogens (tertiary/aromatic N) is 2. The molecule has 0 saturated heterocycles. The lowest BCUT2D eigenvalue weighted by Crippen LogP contribution is -2.30. The lowest BCUT2D eigenvalue weighted by molar-refractivity contribution is 0.589. The third-order valence-corrected chi connectivity index (χ3v) is 5.30. The minimum atomic E-state index is -0.590. The summed E-state index contributed by atoms with van der Waals surface area (Å²) in [5.41, 5.74) is 4.72. The van der Waals surface area contributed by atoms with Gasteiger partial charge in [0.1, 0.15) is 17.5 Å². The van der Waals surface area contributed by atoms with Crippen LogP contribution in [0.1, 0.15) is 16.8 Å². The Morgan fingerprint density at radius 1 is 1.00 bits per heavy atom. The second kappa shape index (κ2) is 6.93. The Morgan fingerprint density at radius 2 is 1.71 bits per heavy atom. The number of H-pyrrole nitrogens is 1. The SMILES string of the molecule is Cc1cc(N(C)C)c(F)cc1N1CCc2[nH]c(-c3c(F)cccc3F)cc2C1. The van der Waals surface area contributed by atoms with Crippen LogP contribution >= 0.6 is 0 Å². The first-order valence-electron chi connectivity index (χ1n) is 9.22. The number of aromatic nitrogens is 1. The molecule has 146 valence electrons. The van der Waals surface area contributed by atoms with Crippen molar-refractivity contribution in [3.05, 3.63) is 70.7 Å². The monoisotopic (exact) mass is 385 g/mol. The highest BCUT2D eigenvalue weighted by atomic mass is 19.1. The fourth-order valence-electron chi connectivity index (χ4n) is 3.87. The summed E-state index contributed by atoms with van der Waals surface area (Å²) >= 11 is 0. The van der Waals surface area contributed by atoms with Crippen LogP contribution in [-0.4, -0.2) is 25.6 Å². The minimum absolute atomic E-state index is 0.0407. The third-order valence-electron chi connectivity index (χ3n) is 5.30. The van der Waals surface area contributed by atoms with Crippen molar-refractivity contribution in [1.82, 2.24) is 4.98 Å². The number of halogens is 3. The molecule has 0 amide bonds. The maximum Gasteiger partial charge on any atom is 0.148 e. The fourth-order valence-corrected chi connectivity index (χ4v) is 3.87. The molecule has 1 aliphatic heterocycles. The number of hydrogen-bond acceptors (Lipinski definition) is 2. The van der Waals surface area contributed by atoms with Gasteiger partial charge in [0.05, 0.1) is 16.9 Å². The predicted octanol–water partition coefficient (Wildman–Crippen LogP) is 5.04. The van der Waals surface area contributed by atoms with Crippen molar-refractivity contribution in [2.75, 3.05) is 30.4 Å².